The van der Waals surface area contributed by atoms with E-state index in [0.29, 0.717) is 6.04 Å². The van der Waals surface area contributed by atoms with Crippen LogP contribution in [-0.2, 0) is 5.41 Å². The fraction of sp³-hybridized carbons (Fsp3) is 0.579. The van der Waals surface area contributed by atoms with Crippen LogP contribution in [0.2, 0.25) is 0 Å². The van der Waals surface area contributed by atoms with Gasteiger partial charge in [0.05, 0.1) is 6.61 Å². The van der Waals surface area contributed by atoms with E-state index in [1.165, 1.54) is 30.9 Å². The molecule has 1 atom stereocenters. The highest BCUT2D eigenvalue weighted by molar-refractivity contribution is 5.44. The number of fused-ring (bicyclic) bond motifs is 2. The molecular formula is C19H24FNO. The summed E-state index contributed by atoms with van der Waals surface area (Å²) >= 11 is 0. The molecule has 1 saturated heterocycles. The summed E-state index contributed by atoms with van der Waals surface area (Å²) in [5.74, 6) is 0.746. The first-order chi connectivity index (χ1) is 10.7. The van der Waals surface area contributed by atoms with Gasteiger partial charge in [0.25, 0.3) is 0 Å². The fourth-order valence-electron chi connectivity index (χ4n) is 4.50. The van der Waals surface area contributed by atoms with Crippen LogP contribution in [0.15, 0.2) is 30.4 Å². The van der Waals surface area contributed by atoms with Crippen molar-refractivity contribution in [2.75, 3.05) is 19.7 Å². The van der Waals surface area contributed by atoms with Crippen LogP contribution < -0.4 is 4.74 Å². The molecule has 0 bridgehead atoms. The van der Waals surface area contributed by atoms with Crippen molar-refractivity contribution >= 4 is 0 Å². The molecule has 1 saturated carbocycles. The van der Waals surface area contributed by atoms with Gasteiger partial charge < -0.3 is 9.64 Å². The maximum atomic E-state index is 13.6. The van der Waals surface area contributed by atoms with Gasteiger partial charge in [-0.05, 0) is 69.8 Å². The Labute approximate surface area is 132 Å². The third kappa shape index (κ3) is 2.36. The van der Waals surface area contributed by atoms with E-state index < -0.39 is 0 Å². The van der Waals surface area contributed by atoms with Gasteiger partial charge in [-0.1, -0.05) is 12.2 Å². The highest BCUT2D eigenvalue weighted by atomic mass is 19.1. The summed E-state index contributed by atoms with van der Waals surface area (Å²) in [5.41, 5.74) is 2.55. The molecule has 0 radical (unpaired) electrons. The summed E-state index contributed by atoms with van der Waals surface area (Å²) < 4.78 is 19.5. The van der Waals surface area contributed by atoms with Crippen LogP contribution in [0.4, 0.5) is 4.39 Å². The lowest BCUT2D eigenvalue weighted by Gasteiger charge is -2.43. The van der Waals surface area contributed by atoms with Crippen molar-refractivity contribution in [3.8, 4) is 5.75 Å². The van der Waals surface area contributed by atoms with E-state index >= 15 is 0 Å². The van der Waals surface area contributed by atoms with Gasteiger partial charge in [0.15, 0.2) is 0 Å². The van der Waals surface area contributed by atoms with Crippen molar-refractivity contribution < 1.29 is 9.13 Å². The van der Waals surface area contributed by atoms with Crippen molar-refractivity contribution in [1.82, 2.24) is 4.90 Å². The number of nitrogens with zero attached hydrogens (tertiary/aromatic N) is 1. The smallest absolute Gasteiger partial charge is 0.123 e. The van der Waals surface area contributed by atoms with E-state index in [9.17, 15) is 4.39 Å². The van der Waals surface area contributed by atoms with Crippen LogP contribution in [0.1, 0.15) is 44.1 Å². The van der Waals surface area contributed by atoms with Crippen LogP contribution in [0.25, 0.3) is 0 Å². The fourth-order valence-corrected chi connectivity index (χ4v) is 4.50. The second-order valence-electron chi connectivity index (χ2n) is 7.25. The molecule has 2 heterocycles. The van der Waals surface area contributed by atoms with Gasteiger partial charge in [-0.25, -0.2) is 4.39 Å². The number of piperidine rings is 1. The molecule has 1 aliphatic carbocycles. The van der Waals surface area contributed by atoms with Gasteiger partial charge in [0, 0.05) is 17.0 Å². The van der Waals surface area contributed by atoms with E-state index in [-0.39, 0.29) is 11.2 Å². The Bertz CT molecular complexity index is 589. The molecule has 3 aliphatic rings. The largest absolute Gasteiger partial charge is 0.492 e. The predicted molar refractivity (Wildman–Crippen MR) is 85.8 cm³/mol. The maximum absolute atomic E-state index is 13.6. The standard InChI is InChI=1S/C19H24FNO/c1-14-3-2-4-16(11-14)21-9-7-19(8-10-21)13-22-18-6-5-15(20)12-17(18)19/h5-6,12,16H,1-4,7-11,13H2. The maximum Gasteiger partial charge on any atom is 0.123 e. The topological polar surface area (TPSA) is 12.5 Å². The number of ether oxygens (including phenoxy) is 1. The number of likely N-dealkylation sites (tertiary alicyclic amines) is 1. The Hall–Kier alpha value is -1.35. The minimum Gasteiger partial charge on any atom is -0.492 e. The molecule has 3 heteroatoms. The summed E-state index contributed by atoms with van der Waals surface area (Å²) in [5, 5.41) is 0. The van der Waals surface area contributed by atoms with Gasteiger partial charge in [0.1, 0.15) is 11.6 Å². The Kier molecular flexibility index (Phi) is 3.48. The van der Waals surface area contributed by atoms with Crippen LogP contribution in [-0.4, -0.2) is 30.6 Å². The molecule has 2 aliphatic heterocycles. The summed E-state index contributed by atoms with van der Waals surface area (Å²) in [4.78, 5) is 2.63. The van der Waals surface area contributed by atoms with Gasteiger partial charge in [0.2, 0.25) is 0 Å². The van der Waals surface area contributed by atoms with E-state index in [4.69, 9.17) is 4.74 Å². The zero-order valence-electron chi connectivity index (χ0n) is 13.1. The lowest BCUT2D eigenvalue weighted by Crippen LogP contribution is -2.48. The number of benzene rings is 1. The number of rotatable bonds is 1. The van der Waals surface area contributed by atoms with E-state index in [0.717, 1.165) is 50.3 Å². The first-order valence-corrected chi connectivity index (χ1v) is 8.50. The minimum absolute atomic E-state index is 0.0413. The van der Waals surface area contributed by atoms with Gasteiger partial charge in [-0.2, -0.15) is 0 Å². The minimum atomic E-state index is -0.144. The second-order valence-corrected chi connectivity index (χ2v) is 7.25. The lowest BCUT2D eigenvalue weighted by molar-refractivity contribution is 0.0902. The average Bonchev–Trinajstić information content (AvgIpc) is 2.86. The van der Waals surface area contributed by atoms with Crippen molar-refractivity contribution in [2.45, 2.75) is 50.0 Å². The molecule has 1 spiro atoms. The quantitative estimate of drug-likeness (QED) is 0.726. The first kappa shape index (κ1) is 14.3. The normalized spacial score (nSPS) is 27.7. The second kappa shape index (κ2) is 5.38. The van der Waals surface area contributed by atoms with Crippen LogP contribution in [0.5, 0.6) is 5.75 Å². The van der Waals surface area contributed by atoms with Gasteiger partial charge in [-0.3, -0.25) is 0 Å². The zero-order valence-corrected chi connectivity index (χ0v) is 13.1. The predicted octanol–water partition coefficient (Wildman–Crippen LogP) is 4.05. The van der Waals surface area contributed by atoms with E-state index in [1.807, 2.05) is 0 Å². The summed E-state index contributed by atoms with van der Waals surface area (Å²) in [6.45, 7) is 7.09. The third-order valence-corrected chi connectivity index (χ3v) is 5.88. The SMILES string of the molecule is C=C1CCCC(N2CCC3(CC2)COc2ccc(F)cc23)C1. The van der Waals surface area contributed by atoms with Crippen molar-refractivity contribution in [2.24, 2.45) is 0 Å². The number of hydrogen-bond donors (Lipinski definition) is 0. The van der Waals surface area contributed by atoms with Gasteiger partial charge in [-0.15, -0.1) is 0 Å². The van der Waals surface area contributed by atoms with Crippen LogP contribution in [0, 0.1) is 5.82 Å². The van der Waals surface area contributed by atoms with Crippen molar-refractivity contribution in [1.29, 1.82) is 0 Å². The molecule has 22 heavy (non-hydrogen) atoms. The Morgan fingerprint density at radius 2 is 2.09 bits per heavy atom. The van der Waals surface area contributed by atoms with Crippen molar-refractivity contribution in [3.05, 3.63) is 41.7 Å². The molecule has 4 rings (SSSR count). The summed E-state index contributed by atoms with van der Waals surface area (Å²) in [7, 11) is 0. The molecule has 1 aromatic rings. The average molecular weight is 301 g/mol. The van der Waals surface area contributed by atoms with Crippen LogP contribution >= 0.6 is 0 Å². The third-order valence-electron chi connectivity index (χ3n) is 5.88. The zero-order chi connectivity index (χ0) is 15.2. The Morgan fingerprint density at radius 1 is 1.27 bits per heavy atom. The highest BCUT2D eigenvalue weighted by Crippen LogP contribution is 2.46. The number of hydrogen-bond acceptors (Lipinski definition) is 2. The molecule has 2 fully saturated rings. The first-order valence-electron chi connectivity index (χ1n) is 8.50. The molecule has 0 aromatic heterocycles. The molecule has 0 amide bonds. The summed E-state index contributed by atoms with van der Waals surface area (Å²) in [6.07, 6.45) is 7.10. The number of halogens is 1. The molecule has 0 N–H and O–H groups in total. The highest BCUT2D eigenvalue weighted by Gasteiger charge is 2.44. The summed E-state index contributed by atoms with van der Waals surface area (Å²) in [6, 6.07) is 5.66. The molecule has 2 nitrogen and oxygen atoms in total. The van der Waals surface area contributed by atoms with E-state index in [1.54, 1.807) is 12.1 Å². The van der Waals surface area contributed by atoms with Crippen LogP contribution in [0.3, 0.4) is 0 Å². The van der Waals surface area contributed by atoms with E-state index in [2.05, 4.69) is 11.5 Å². The Morgan fingerprint density at radius 3 is 2.86 bits per heavy atom. The molecule has 1 aromatic carbocycles. The Balaban J connectivity index is 1.49. The van der Waals surface area contributed by atoms with Gasteiger partial charge >= 0.3 is 0 Å². The van der Waals surface area contributed by atoms with Crippen molar-refractivity contribution in [3.63, 3.8) is 0 Å². The molecule has 1 unspecified atom stereocenters. The molecular weight excluding hydrogens is 277 g/mol. The monoisotopic (exact) mass is 301 g/mol. The molecule has 118 valence electrons. The lowest BCUT2D eigenvalue weighted by atomic mass is 9.73.